The topological polar surface area (TPSA) is 92.3 Å². The number of H-pyrrole nitrogens is 1. The largest absolute Gasteiger partial charge is 0.478 e. The Bertz CT molecular complexity index is 990. The second-order valence-corrected chi connectivity index (χ2v) is 5.86. The molecule has 0 saturated heterocycles. The van der Waals surface area contributed by atoms with Gasteiger partial charge in [0.2, 0.25) is 0 Å². The van der Waals surface area contributed by atoms with E-state index in [4.69, 9.17) is 9.84 Å². The summed E-state index contributed by atoms with van der Waals surface area (Å²) in [5.41, 5.74) is 3.38. The van der Waals surface area contributed by atoms with Gasteiger partial charge in [-0.05, 0) is 17.2 Å². The average Bonchev–Trinajstić information content (AvgIpc) is 3.10. The lowest BCUT2D eigenvalue weighted by molar-refractivity contribution is -0.131. The number of nitrogens with zero attached hydrogens (tertiary/aromatic N) is 1. The van der Waals surface area contributed by atoms with Crippen LogP contribution in [0, 0.1) is 0 Å². The molecule has 0 radical (unpaired) electrons. The number of carbonyl (C=O) groups is 2. The third kappa shape index (κ3) is 4.49. The summed E-state index contributed by atoms with van der Waals surface area (Å²) in [5, 5.41) is 8.75. The van der Waals surface area contributed by atoms with Gasteiger partial charge in [0.1, 0.15) is 11.5 Å². The molecule has 1 heterocycles. The number of methoxy groups -OCH3 is 1. The summed E-state index contributed by atoms with van der Waals surface area (Å²) in [6, 6.07) is 16.9. The number of aliphatic carboxylic acids is 1. The maximum atomic E-state index is 12.1. The van der Waals surface area contributed by atoms with Crippen molar-refractivity contribution in [1.29, 1.82) is 0 Å². The minimum absolute atomic E-state index is 0.306. The van der Waals surface area contributed by atoms with Crippen molar-refractivity contribution >= 4 is 18.0 Å². The highest BCUT2D eigenvalue weighted by atomic mass is 16.5. The van der Waals surface area contributed by atoms with Gasteiger partial charge >= 0.3 is 11.9 Å². The van der Waals surface area contributed by atoms with Crippen molar-refractivity contribution < 1.29 is 19.4 Å². The second-order valence-electron chi connectivity index (χ2n) is 5.86. The SMILES string of the molecule is COC(=O)c1[nH]c(Cc2cccc(/C=C/C(=O)O)c2)nc1-c1ccccc1. The zero-order valence-electron chi connectivity index (χ0n) is 14.7. The molecule has 1 aromatic heterocycles. The number of carboxylic acids is 1. The molecule has 0 aliphatic carbocycles. The van der Waals surface area contributed by atoms with Crippen LogP contribution in [-0.4, -0.2) is 34.1 Å². The summed E-state index contributed by atoms with van der Waals surface area (Å²) in [6.07, 6.45) is 3.09. The Morgan fingerprint density at radius 3 is 2.63 bits per heavy atom. The highest BCUT2D eigenvalue weighted by Crippen LogP contribution is 2.23. The van der Waals surface area contributed by atoms with Crippen LogP contribution in [0.1, 0.15) is 27.4 Å². The Morgan fingerprint density at radius 2 is 1.93 bits per heavy atom. The Labute approximate surface area is 156 Å². The second kappa shape index (κ2) is 8.14. The van der Waals surface area contributed by atoms with E-state index < -0.39 is 11.9 Å². The molecule has 136 valence electrons. The first-order chi connectivity index (χ1) is 13.1. The summed E-state index contributed by atoms with van der Waals surface area (Å²) < 4.78 is 4.86. The van der Waals surface area contributed by atoms with Crippen LogP contribution in [0.5, 0.6) is 0 Å². The molecule has 0 amide bonds. The standard InChI is InChI=1S/C21H18N2O4/c1-27-21(26)20-19(16-8-3-2-4-9-16)22-17(23-20)13-15-7-5-6-14(12-15)10-11-18(24)25/h2-12H,13H2,1H3,(H,22,23)(H,24,25)/b11-10+. The van der Waals surface area contributed by atoms with Gasteiger partial charge in [0.15, 0.2) is 5.69 Å². The van der Waals surface area contributed by atoms with Gasteiger partial charge in [-0.25, -0.2) is 14.6 Å². The summed E-state index contributed by atoms with van der Waals surface area (Å²) in [6.45, 7) is 0. The van der Waals surface area contributed by atoms with E-state index in [1.54, 1.807) is 0 Å². The van der Waals surface area contributed by atoms with Crippen LogP contribution < -0.4 is 0 Å². The first-order valence-corrected chi connectivity index (χ1v) is 8.29. The van der Waals surface area contributed by atoms with Crippen molar-refractivity contribution in [3.8, 4) is 11.3 Å². The first kappa shape index (κ1) is 18.1. The molecule has 0 atom stereocenters. The average molecular weight is 362 g/mol. The third-order valence-electron chi connectivity index (χ3n) is 3.93. The van der Waals surface area contributed by atoms with Crippen LogP contribution in [0.4, 0.5) is 0 Å². The Hall–Kier alpha value is -3.67. The maximum Gasteiger partial charge on any atom is 0.356 e. The number of ether oxygens (including phenoxy) is 1. The molecule has 0 aliphatic heterocycles. The van der Waals surface area contributed by atoms with Crippen LogP contribution in [-0.2, 0) is 16.0 Å². The Kier molecular flexibility index (Phi) is 5.47. The smallest absolute Gasteiger partial charge is 0.356 e. The zero-order valence-corrected chi connectivity index (χ0v) is 14.7. The Balaban J connectivity index is 1.92. The lowest BCUT2D eigenvalue weighted by Gasteiger charge is -2.00. The molecular formula is C21H18N2O4. The number of imidazole rings is 1. The minimum Gasteiger partial charge on any atom is -0.478 e. The predicted molar refractivity (Wildman–Crippen MR) is 101 cm³/mol. The van der Waals surface area contributed by atoms with E-state index in [0.29, 0.717) is 23.6 Å². The number of rotatable bonds is 6. The van der Waals surface area contributed by atoms with E-state index in [0.717, 1.165) is 22.8 Å². The number of hydrogen-bond acceptors (Lipinski definition) is 4. The van der Waals surface area contributed by atoms with Gasteiger partial charge < -0.3 is 14.8 Å². The molecule has 6 nitrogen and oxygen atoms in total. The first-order valence-electron chi connectivity index (χ1n) is 8.29. The van der Waals surface area contributed by atoms with Gasteiger partial charge in [0.05, 0.1) is 7.11 Å². The predicted octanol–water partition coefficient (Wildman–Crippen LogP) is 3.55. The van der Waals surface area contributed by atoms with Crippen LogP contribution in [0.3, 0.4) is 0 Å². The number of aromatic nitrogens is 2. The highest BCUT2D eigenvalue weighted by molar-refractivity contribution is 5.94. The number of esters is 1. The number of carbonyl (C=O) groups excluding carboxylic acids is 1. The molecule has 27 heavy (non-hydrogen) atoms. The molecule has 0 spiro atoms. The quantitative estimate of drug-likeness (QED) is 0.517. The lowest BCUT2D eigenvalue weighted by Crippen LogP contribution is -2.03. The van der Waals surface area contributed by atoms with Crippen molar-refractivity contribution in [2.45, 2.75) is 6.42 Å². The van der Waals surface area contributed by atoms with Gasteiger partial charge in [0, 0.05) is 18.1 Å². The van der Waals surface area contributed by atoms with E-state index >= 15 is 0 Å². The van der Waals surface area contributed by atoms with Gasteiger partial charge in [-0.3, -0.25) is 0 Å². The normalized spacial score (nSPS) is 10.9. The molecule has 0 unspecified atom stereocenters. The van der Waals surface area contributed by atoms with E-state index in [2.05, 4.69) is 9.97 Å². The van der Waals surface area contributed by atoms with Gasteiger partial charge in [0.25, 0.3) is 0 Å². The summed E-state index contributed by atoms with van der Waals surface area (Å²) in [5.74, 6) is -0.860. The molecule has 6 heteroatoms. The van der Waals surface area contributed by atoms with Crippen molar-refractivity contribution in [1.82, 2.24) is 9.97 Å². The number of benzene rings is 2. The van der Waals surface area contributed by atoms with Crippen LogP contribution >= 0.6 is 0 Å². The molecule has 2 aromatic carbocycles. The molecule has 0 aliphatic rings. The van der Waals surface area contributed by atoms with Crippen molar-refractivity contribution in [2.75, 3.05) is 7.11 Å². The van der Waals surface area contributed by atoms with Crippen LogP contribution in [0.15, 0.2) is 60.7 Å². The lowest BCUT2D eigenvalue weighted by atomic mass is 10.1. The van der Waals surface area contributed by atoms with E-state index in [1.807, 2.05) is 54.6 Å². The molecule has 3 aromatic rings. The summed E-state index contributed by atoms with van der Waals surface area (Å²) >= 11 is 0. The number of hydrogen-bond donors (Lipinski definition) is 2. The zero-order chi connectivity index (χ0) is 19.2. The van der Waals surface area contributed by atoms with E-state index in [1.165, 1.54) is 13.2 Å². The van der Waals surface area contributed by atoms with Crippen LogP contribution in [0.2, 0.25) is 0 Å². The van der Waals surface area contributed by atoms with Gasteiger partial charge in [-0.15, -0.1) is 0 Å². The Morgan fingerprint density at radius 1 is 1.15 bits per heavy atom. The summed E-state index contributed by atoms with van der Waals surface area (Å²) in [4.78, 5) is 30.4. The fraction of sp³-hybridized carbons (Fsp3) is 0.0952. The van der Waals surface area contributed by atoms with E-state index in [-0.39, 0.29) is 0 Å². The minimum atomic E-state index is -0.998. The fourth-order valence-corrected chi connectivity index (χ4v) is 2.73. The monoisotopic (exact) mass is 362 g/mol. The van der Waals surface area contributed by atoms with Crippen molar-refractivity contribution in [2.24, 2.45) is 0 Å². The third-order valence-corrected chi connectivity index (χ3v) is 3.93. The van der Waals surface area contributed by atoms with Crippen LogP contribution in [0.25, 0.3) is 17.3 Å². The summed E-state index contributed by atoms with van der Waals surface area (Å²) in [7, 11) is 1.33. The van der Waals surface area contributed by atoms with Gasteiger partial charge in [-0.1, -0.05) is 54.6 Å². The molecular weight excluding hydrogens is 344 g/mol. The molecule has 3 rings (SSSR count). The molecule has 0 fully saturated rings. The van der Waals surface area contributed by atoms with Crippen molar-refractivity contribution in [3.05, 3.63) is 83.3 Å². The highest BCUT2D eigenvalue weighted by Gasteiger charge is 2.19. The van der Waals surface area contributed by atoms with E-state index in [9.17, 15) is 9.59 Å². The molecule has 0 saturated carbocycles. The van der Waals surface area contributed by atoms with Gasteiger partial charge in [-0.2, -0.15) is 0 Å². The van der Waals surface area contributed by atoms with Crippen molar-refractivity contribution in [3.63, 3.8) is 0 Å². The fourth-order valence-electron chi connectivity index (χ4n) is 2.73. The maximum absolute atomic E-state index is 12.1. The number of aromatic amines is 1. The molecule has 2 N–H and O–H groups in total. The number of nitrogens with one attached hydrogen (secondary N) is 1. The molecule has 0 bridgehead atoms. The number of carboxylic acid groups (broad SMARTS) is 1.